The number of esters is 1. The van der Waals surface area contributed by atoms with Crippen LogP contribution < -0.4 is 5.73 Å². The molecule has 3 N–H and O–H groups in total. The molecule has 7 nitrogen and oxygen atoms in total. The van der Waals surface area contributed by atoms with E-state index < -0.39 is 29.9 Å². The van der Waals surface area contributed by atoms with Crippen LogP contribution in [0.25, 0.3) is 40.1 Å². The molecule has 0 unspecified atom stereocenters. The van der Waals surface area contributed by atoms with Gasteiger partial charge in [0.1, 0.15) is 17.7 Å². The number of aliphatic hydroxyl groups excluding tert-OH is 1. The second-order valence-corrected chi connectivity index (χ2v) is 8.88. The number of imidazole rings is 1. The first-order valence-electron chi connectivity index (χ1n) is 11.8. The number of hydrogen-bond acceptors (Lipinski definition) is 6. The summed E-state index contributed by atoms with van der Waals surface area (Å²) in [5.41, 5.74) is 7.42. The number of aromatic nitrogens is 3. The number of hydrogen-bond donors (Lipinski definition) is 2. The topological polar surface area (TPSA) is 103 Å². The fraction of sp³-hybridized carbons (Fsp3) is 0.179. The van der Waals surface area contributed by atoms with Crippen molar-refractivity contribution in [2.24, 2.45) is 0 Å². The van der Waals surface area contributed by atoms with Crippen molar-refractivity contribution < 1.29 is 27.8 Å². The summed E-state index contributed by atoms with van der Waals surface area (Å²) >= 11 is 0. The van der Waals surface area contributed by atoms with Crippen molar-refractivity contribution in [2.75, 3.05) is 5.73 Å². The van der Waals surface area contributed by atoms with Gasteiger partial charge in [-0.25, -0.2) is 9.97 Å². The Kier molecular flexibility index (Phi) is 6.73. The van der Waals surface area contributed by atoms with Crippen molar-refractivity contribution in [1.29, 1.82) is 0 Å². The molecule has 1 aliphatic rings. The highest BCUT2D eigenvalue weighted by Crippen LogP contribution is 2.39. The van der Waals surface area contributed by atoms with E-state index in [0.29, 0.717) is 28.3 Å². The molecule has 3 heterocycles. The van der Waals surface area contributed by atoms with Crippen LogP contribution in [0.3, 0.4) is 0 Å². The van der Waals surface area contributed by atoms with Crippen molar-refractivity contribution in [3.05, 3.63) is 84.6 Å². The summed E-state index contributed by atoms with van der Waals surface area (Å²) in [6, 6.07) is 17.4. The third-order valence-electron chi connectivity index (χ3n) is 6.10. The number of cyclic esters (lactones) is 1. The number of halogens is 3. The third kappa shape index (κ3) is 5.30. The van der Waals surface area contributed by atoms with Gasteiger partial charge in [0, 0.05) is 35.5 Å². The largest absolute Gasteiger partial charge is 0.458 e. The zero-order chi connectivity index (χ0) is 26.9. The predicted molar refractivity (Wildman–Crippen MR) is 136 cm³/mol. The number of rotatable bonds is 5. The minimum atomic E-state index is -4.55. The smallest absolute Gasteiger partial charge is 0.416 e. The van der Waals surface area contributed by atoms with Crippen LogP contribution >= 0.6 is 0 Å². The molecule has 0 radical (unpaired) electrons. The minimum Gasteiger partial charge on any atom is -0.458 e. The molecule has 5 rings (SSSR count). The zero-order valence-electron chi connectivity index (χ0n) is 20.0. The minimum absolute atomic E-state index is 0.0895. The van der Waals surface area contributed by atoms with Gasteiger partial charge in [0.2, 0.25) is 0 Å². The van der Waals surface area contributed by atoms with Crippen LogP contribution in [0.2, 0.25) is 0 Å². The number of carbonyl (C=O) groups excluding carboxylic acids is 1. The summed E-state index contributed by atoms with van der Waals surface area (Å²) in [4.78, 5) is 20.7. The number of nitrogens with two attached hydrogens (primary N) is 1. The predicted octanol–water partition coefficient (Wildman–Crippen LogP) is 5.42. The maximum Gasteiger partial charge on any atom is 0.416 e. The number of nitrogen functional groups attached to an aromatic ring is 1. The molecule has 2 aromatic carbocycles. The average Bonchev–Trinajstić information content (AvgIpc) is 3.27. The monoisotopic (exact) mass is 520 g/mol. The maximum atomic E-state index is 13.7. The average molecular weight is 521 g/mol. The molecule has 1 aliphatic heterocycles. The van der Waals surface area contributed by atoms with Gasteiger partial charge in [-0.3, -0.25) is 9.36 Å². The van der Waals surface area contributed by atoms with Crippen LogP contribution in [0.4, 0.5) is 19.0 Å². The molecule has 194 valence electrons. The van der Waals surface area contributed by atoms with E-state index in [4.69, 9.17) is 15.5 Å². The quantitative estimate of drug-likeness (QED) is 0.341. The molecule has 0 saturated carbocycles. The lowest BCUT2D eigenvalue weighted by atomic mass is 10.0. The highest BCUT2D eigenvalue weighted by Gasteiger charge is 2.31. The molecule has 0 bridgehead atoms. The van der Waals surface area contributed by atoms with E-state index in [0.717, 1.165) is 12.1 Å². The lowest BCUT2D eigenvalue weighted by molar-refractivity contribution is -0.156. The van der Waals surface area contributed by atoms with Gasteiger partial charge < -0.3 is 15.6 Å². The van der Waals surface area contributed by atoms with Gasteiger partial charge in [-0.1, -0.05) is 42.5 Å². The number of anilines is 1. The number of carbonyl (C=O) groups is 1. The van der Waals surface area contributed by atoms with Crippen LogP contribution in [-0.4, -0.2) is 37.8 Å². The van der Waals surface area contributed by atoms with Gasteiger partial charge >= 0.3 is 12.1 Å². The Morgan fingerprint density at radius 3 is 2.50 bits per heavy atom. The van der Waals surface area contributed by atoms with Gasteiger partial charge in [0.05, 0.1) is 29.5 Å². The molecule has 2 aromatic heterocycles. The summed E-state index contributed by atoms with van der Waals surface area (Å²) in [6.45, 7) is 0. The summed E-state index contributed by atoms with van der Waals surface area (Å²) in [5, 5.41) is 10.0. The Morgan fingerprint density at radius 1 is 1.03 bits per heavy atom. The van der Waals surface area contributed by atoms with Gasteiger partial charge in [0.15, 0.2) is 0 Å². The van der Waals surface area contributed by atoms with E-state index in [-0.39, 0.29) is 24.2 Å². The van der Waals surface area contributed by atoms with E-state index in [2.05, 4.69) is 4.98 Å². The molecule has 38 heavy (non-hydrogen) atoms. The van der Waals surface area contributed by atoms with E-state index in [1.807, 2.05) is 30.3 Å². The third-order valence-corrected chi connectivity index (χ3v) is 6.10. The van der Waals surface area contributed by atoms with Gasteiger partial charge in [-0.2, -0.15) is 13.2 Å². The molecule has 2 atom stereocenters. The normalized spacial score (nSPS) is 18.1. The number of aliphatic hydroxyl groups is 1. The maximum absolute atomic E-state index is 13.7. The van der Waals surface area contributed by atoms with Gasteiger partial charge in [0.25, 0.3) is 0 Å². The molecule has 10 heteroatoms. The van der Waals surface area contributed by atoms with E-state index in [1.54, 1.807) is 35.0 Å². The summed E-state index contributed by atoms with van der Waals surface area (Å²) in [6.07, 6.45) is -1.30. The van der Waals surface area contributed by atoms with Crippen molar-refractivity contribution in [3.8, 4) is 33.9 Å². The van der Waals surface area contributed by atoms with Crippen LogP contribution in [0, 0.1) is 0 Å². The van der Waals surface area contributed by atoms with Crippen molar-refractivity contribution in [2.45, 2.75) is 31.2 Å². The summed E-state index contributed by atoms with van der Waals surface area (Å²) < 4.78 is 48.0. The molecular formula is C28H23F3N4O3. The molecular weight excluding hydrogens is 497 g/mol. The van der Waals surface area contributed by atoms with Gasteiger partial charge in [-0.05, 0) is 30.3 Å². The Hall–Kier alpha value is -4.44. The first kappa shape index (κ1) is 25.2. The number of ether oxygens (including phenoxy) is 1. The molecule has 1 fully saturated rings. The molecule has 4 aromatic rings. The van der Waals surface area contributed by atoms with Crippen LogP contribution in [0.15, 0.2) is 79.0 Å². The first-order valence-corrected chi connectivity index (χ1v) is 11.8. The zero-order valence-corrected chi connectivity index (χ0v) is 20.0. The van der Waals surface area contributed by atoms with Crippen molar-refractivity contribution >= 4 is 18.0 Å². The van der Waals surface area contributed by atoms with Crippen molar-refractivity contribution in [3.63, 3.8) is 0 Å². The Balaban J connectivity index is 1.76. The Bertz CT molecular complexity index is 1500. The highest BCUT2D eigenvalue weighted by atomic mass is 19.4. The second kappa shape index (κ2) is 10.1. The van der Waals surface area contributed by atoms with Gasteiger partial charge in [-0.15, -0.1) is 0 Å². The summed E-state index contributed by atoms with van der Waals surface area (Å²) in [7, 11) is 0. The van der Waals surface area contributed by atoms with Crippen LogP contribution in [0.1, 0.15) is 18.4 Å². The Morgan fingerprint density at radius 2 is 1.79 bits per heavy atom. The molecule has 0 aliphatic carbocycles. The standard InChI is InChI=1S/C28H23F3N4O3/c29-28(30,31)20-8-4-7-19(13-20)26-25(18-9-11-33-23(32)14-18)34-27(17-5-2-1-3-6-17)35(26)12-10-22-15-21(36)16-24(37)38-22/h1-14,21-22,36H,15-16H2,(H2,32,33)/b12-10+/t21-,22+/m1/s1. The fourth-order valence-electron chi connectivity index (χ4n) is 4.39. The number of benzene rings is 2. The SMILES string of the molecule is Nc1cc(-c2nc(-c3ccccc3)n(/C=C/[C@H]3C[C@@H](O)CC(=O)O3)c2-c2cccc(C(F)(F)F)c2)ccn1. The van der Waals surface area contributed by atoms with E-state index >= 15 is 0 Å². The first-order chi connectivity index (χ1) is 18.2. The van der Waals surface area contributed by atoms with Crippen LogP contribution in [-0.2, 0) is 15.7 Å². The lowest BCUT2D eigenvalue weighted by Gasteiger charge is -2.23. The fourth-order valence-corrected chi connectivity index (χ4v) is 4.39. The number of alkyl halides is 3. The number of pyridine rings is 1. The molecule has 0 amide bonds. The Labute approximate surface area is 216 Å². The highest BCUT2D eigenvalue weighted by molar-refractivity contribution is 5.85. The molecule has 0 spiro atoms. The molecule has 1 saturated heterocycles. The van der Waals surface area contributed by atoms with E-state index in [9.17, 15) is 23.1 Å². The number of nitrogens with zero attached hydrogens (tertiary/aromatic N) is 3. The van der Waals surface area contributed by atoms with Crippen LogP contribution in [0.5, 0.6) is 0 Å². The van der Waals surface area contributed by atoms with Crippen molar-refractivity contribution in [1.82, 2.24) is 14.5 Å². The second-order valence-electron chi connectivity index (χ2n) is 8.88. The lowest BCUT2D eigenvalue weighted by Crippen LogP contribution is -2.31. The summed E-state index contributed by atoms with van der Waals surface area (Å²) in [5.74, 6) is 0.146. The van der Waals surface area contributed by atoms with E-state index in [1.165, 1.54) is 12.3 Å².